The lowest BCUT2D eigenvalue weighted by Crippen LogP contribution is -2.36. The normalized spacial score (nSPS) is 14.4. The lowest BCUT2D eigenvalue weighted by atomic mass is 9.95. The highest BCUT2D eigenvalue weighted by atomic mass is 16.5. The molecule has 154 valence electrons. The van der Waals surface area contributed by atoms with Crippen molar-refractivity contribution in [1.29, 1.82) is 0 Å². The highest BCUT2D eigenvalue weighted by Gasteiger charge is 2.16. The zero-order valence-electron chi connectivity index (χ0n) is 17.2. The van der Waals surface area contributed by atoms with Crippen LogP contribution in [0.3, 0.4) is 0 Å². The average molecular weight is 395 g/mol. The SMILES string of the molecule is CC(C)COc1cccc(C(=O)Nc2ccc(C(=O)NC3CCCCC3)cc2)c1. The molecule has 1 aliphatic rings. The molecule has 2 N–H and O–H groups in total. The van der Waals surface area contributed by atoms with Crippen molar-refractivity contribution in [3.8, 4) is 5.75 Å². The number of anilines is 1. The van der Waals surface area contributed by atoms with Crippen molar-refractivity contribution < 1.29 is 14.3 Å². The van der Waals surface area contributed by atoms with Gasteiger partial charge in [-0.2, -0.15) is 0 Å². The van der Waals surface area contributed by atoms with Crippen LogP contribution in [-0.2, 0) is 0 Å². The van der Waals surface area contributed by atoms with Gasteiger partial charge in [-0.1, -0.05) is 39.2 Å². The summed E-state index contributed by atoms with van der Waals surface area (Å²) in [5, 5.41) is 5.98. The zero-order chi connectivity index (χ0) is 20.6. The first-order valence-corrected chi connectivity index (χ1v) is 10.5. The molecule has 29 heavy (non-hydrogen) atoms. The van der Waals surface area contributed by atoms with Gasteiger partial charge in [-0.3, -0.25) is 9.59 Å². The molecule has 0 bridgehead atoms. The van der Waals surface area contributed by atoms with Gasteiger partial charge in [-0.15, -0.1) is 0 Å². The number of carbonyl (C=O) groups excluding carboxylic acids is 2. The molecular formula is C24H30N2O3. The second kappa shape index (κ2) is 10.1. The van der Waals surface area contributed by atoms with E-state index < -0.39 is 0 Å². The molecule has 2 aromatic rings. The molecule has 0 radical (unpaired) electrons. The van der Waals surface area contributed by atoms with Crippen molar-refractivity contribution in [2.45, 2.75) is 52.0 Å². The molecule has 0 aliphatic heterocycles. The van der Waals surface area contributed by atoms with Crippen molar-refractivity contribution in [3.05, 3.63) is 59.7 Å². The van der Waals surface area contributed by atoms with E-state index in [1.165, 1.54) is 19.3 Å². The maximum Gasteiger partial charge on any atom is 0.255 e. The van der Waals surface area contributed by atoms with Crippen LogP contribution in [0.4, 0.5) is 5.69 Å². The predicted octanol–water partition coefficient (Wildman–Crippen LogP) is 5.04. The lowest BCUT2D eigenvalue weighted by molar-refractivity contribution is 0.0927. The van der Waals surface area contributed by atoms with Gasteiger partial charge in [-0.25, -0.2) is 0 Å². The van der Waals surface area contributed by atoms with Gasteiger partial charge >= 0.3 is 0 Å². The molecule has 1 saturated carbocycles. The number of rotatable bonds is 7. The smallest absolute Gasteiger partial charge is 0.255 e. The van der Waals surface area contributed by atoms with Crippen LogP contribution in [0.15, 0.2) is 48.5 Å². The highest BCUT2D eigenvalue weighted by Crippen LogP contribution is 2.19. The van der Waals surface area contributed by atoms with Crippen LogP contribution in [0.5, 0.6) is 5.75 Å². The van der Waals surface area contributed by atoms with Gasteiger partial charge in [0.1, 0.15) is 5.75 Å². The minimum absolute atomic E-state index is 0.0511. The molecule has 0 unspecified atom stereocenters. The number of carbonyl (C=O) groups is 2. The number of ether oxygens (including phenoxy) is 1. The van der Waals surface area contributed by atoms with E-state index in [1.807, 2.05) is 12.1 Å². The number of hydrogen-bond donors (Lipinski definition) is 2. The van der Waals surface area contributed by atoms with Crippen LogP contribution >= 0.6 is 0 Å². The maximum absolute atomic E-state index is 12.5. The van der Waals surface area contributed by atoms with Gasteiger partial charge in [0.2, 0.25) is 0 Å². The maximum atomic E-state index is 12.5. The summed E-state index contributed by atoms with van der Waals surface area (Å²) in [5.74, 6) is 0.839. The summed E-state index contributed by atoms with van der Waals surface area (Å²) >= 11 is 0. The van der Waals surface area contributed by atoms with Crippen molar-refractivity contribution in [1.82, 2.24) is 5.32 Å². The van der Waals surface area contributed by atoms with E-state index in [4.69, 9.17) is 4.74 Å². The van der Waals surface area contributed by atoms with Gasteiger partial charge in [0, 0.05) is 22.9 Å². The molecule has 1 aliphatic carbocycles. The molecule has 3 rings (SSSR count). The Morgan fingerprint density at radius 2 is 1.69 bits per heavy atom. The Balaban J connectivity index is 1.57. The topological polar surface area (TPSA) is 67.4 Å². The van der Waals surface area contributed by atoms with E-state index >= 15 is 0 Å². The van der Waals surface area contributed by atoms with E-state index in [1.54, 1.807) is 36.4 Å². The first-order valence-electron chi connectivity index (χ1n) is 10.5. The average Bonchev–Trinajstić information content (AvgIpc) is 2.73. The fourth-order valence-electron chi connectivity index (χ4n) is 3.41. The summed E-state index contributed by atoms with van der Waals surface area (Å²) in [6.45, 7) is 4.76. The second-order valence-electron chi connectivity index (χ2n) is 8.07. The summed E-state index contributed by atoms with van der Waals surface area (Å²) in [6.07, 6.45) is 5.73. The molecule has 0 spiro atoms. The third-order valence-corrected chi connectivity index (χ3v) is 5.02. The molecule has 0 saturated heterocycles. The summed E-state index contributed by atoms with van der Waals surface area (Å²) in [5.41, 5.74) is 1.79. The Morgan fingerprint density at radius 3 is 2.38 bits per heavy atom. The molecule has 0 heterocycles. The summed E-state index contributed by atoms with van der Waals surface area (Å²) in [6, 6.07) is 14.4. The third kappa shape index (κ3) is 6.34. The zero-order valence-corrected chi connectivity index (χ0v) is 17.2. The number of hydrogen-bond acceptors (Lipinski definition) is 3. The molecule has 0 aromatic heterocycles. The fourth-order valence-corrected chi connectivity index (χ4v) is 3.41. The minimum atomic E-state index is -0.209. The summed E-state index contributed by atoms with van der Waals surface area (Å²) in [4.78, 5) is 24.9. The monoisotopic (exact) mass is 394 g/mol. The summed E-state index contributed by atoms with van der Waals surface area (Å²) in [7, 11) is 0. The van der Waals surface area contributed by atoms with Crippen molar-refractivity contribution in [2.24, 2.45) is 5.92 Å². The van der Waals surface area contributed by atoms with E-state index in [-0.39, 0.29) is 17.9 Å². The summed E-state index contributed by atoms with van der Waals surface area (Å²) < 4.78 is 5.69. The Hall–Kier alpha value is -2.82. The van der Waals surface area contributed by atoms with Gasteiger partial charge < -0.3 is 15.4 Å². The Bertz CT molecular complexity index is 824. The van der Waals surface area contributed by atoms with Gasteiger partial charge in [-0.05, 0) is 61.2 Å². The van der Waals surface area contributed by atoms with E-state index in [9.17, 15) is 9.59 Å². The molecule has 2 amide bonds. The van der Waals surface area contributed by atoms with E-state index in [0.717, 1.165) is 12.8 Å². The largest absolute Gasteiger partial charge is 0.493 e. The number of benzene rings is 2. The first-order chi connectivity index (χ1) is 14.0. The second-order valence-corrected chi connectivity index (χ2v) is 8.07. The standard InChI is InChI=1S/C24H30N2O3/c1-17(2)16-29-22-10-6-7-19(15-22)24(28)26-21-13-11-18(12-14-21)23(27)25-20-8-4-3-5-9-20/h6-7,10-15,17,20H,3-5,8-9,16H2,1-2H3,(H,25,27)(H,26,28). The first kappa shape index (κ1) is 20.9. The van der Waals surface area contributed by atoms with Crippen LogP contribution in [0, 0.1) is 5.92 Å². The van der Waals surface area contributed by atoms with Gasteiger partial charge in [0.05, 0.1) is 6.61 Å². The van der Waals surface area contributed by atoms with Crippen LogP contribution in [0.2, 0.25) is 0 Å². The number of amides is 2. The van der Waals surface area contributed by atoms with E-state index in [0.29, 0.717) is 35.1 Å². The predicted molar refractivity (Wildman–Crippen MR) is 116 cm³/mol. The van der Waals surface area contributed by atoms with Crippen LogP contribution in [-0.4, -0.2) is 24.5 Å². The van der Waals surface area contributed by atoms with Crippen molar-refractivity contribution in [2.75, 3.05) is 11.9 Å². The Labute approximate surface area is 172 Å². The van der Waals surface area contributed by atoms with E-state index in [2.05, 4.69) is 24.5 Å². The molecule has 2 aromatic carbocycles. The quantitative estimate of drug-likeness (QED) is 0.692. The molecule has 0 atom stereocenters. The van der Waals surface area contributed by atoms with Crippen LogP contribution in [0.1, 0.15) is 66.7 Å². The Kier molecular flexibility index (Phi) is 7.28. The highest BCUT2D eigenvalue weighted by molar-refractivity contribution is 6.04. The van der Waals surface area contributed by atoms with Crippen LogP contribution in [0.25, 0.3) is 0 Å². The van der Waals surface area contributed by atoms with Crippen molar-refractivity contribution in [3.63, 3.8) is 0 Å². The molecule has 1 fully saturated rings. The molecule has 5 heteroatoms. The van der Waals surface area contributed by atoms with Crippen molar-refractivity contribution >= 4 is 17.5 Å². The molecular weight excluding hydrogens is 364 g/mol. The Morgan fingerprint density at radius 1 is 0.966 bits per heavy atom. The third-order valence-electron chi connectivity index (χ3n) is 5.02. The molecule has 5 nitrogen and oxygen atoms in total. The van der Waals surface area contributed by atoms with Crippen LogP contribution < -0.4 is 15.4 Å². The van der Waals surface area contributed by atoms with Gasteiger partial charge in [0.25, 0.3) is 11.8 Å². The van der Waals surface area contributed by atoms with Gasteiger partial charge in [0.15, 0.2) is 0 Å². The number of nitrogens with one attached hydrogen (secondary N) is 2. The fraction of sp³-hybridized carbons (Fsp3) is 0.417. The minimum Gasteiger partial charge on any atom is -0.493 e. The lowest BCUT2D eigenvalue weighted by Gasteiger charge is -2.22.